The highest BCUT2D eigenvalue weighted by molar-refractivity contribution is 7.94. The van der Waals surface area contributed by atoms with E-state index < -0.39 is 19.9 Å². The lowest BCUT2D eigenvalue weighted by Gasteiger charge is -2.21. The summed E-state index contributed by atoms with van der Waals surface area (Å²) in [5.41, 5.74) is 2.02. The van der Waals surface area contributed by atoms with Crippen LogP contribution in [0.1, 0.15) is 42.5 Å². The van der Waals surface area contributed by atoms with E-state index >= 15 is 0 Å². The van der Waals surface area contributed by atoms with Crippen molar-refractivity contribution in [2.75, 3.05) is 10.6 Å². The van der Waals surface area contributed by atoms with Gasteiger partial charge in [0.1, 0.15) is 10.7 Å². The summed E-state index contributed by atoms with van der Waals surface area (Å²) in [7, 11) is -6.77. The first-order valence-corrected chi connectivity index (χ1v) is 12.5. The number of benzene rings is 2. The molecule has 0 aliphatic carbocycles. The molecule has 0 aromatic heterocycles. The number of anilines is 2. The number of nitrogens with one attached hydrogen (secondary N) is 2. The maximum atomic E-state index is 11.9. The molecule has 2 N–H and O–H groups in total. The minimum Gasteiger partial charge on any atom is -0.357 e. The maximum Gasteiger partial charge on any atom is 0.286 e. The Morgan fingerprint density at radius 3 is 1.75 bits per heavy atom. The van der Waals surface area contributed by atoms with Gasteiger partial charge >= 0.3 is 0 Å². The monoisotopic (exact) mass is 479 g/mol. The Morgan fingerprint density at radius 2 is 1.22 bits per heavy atom. The number of sulfone groups is 1. The molecule has 0 unspecified atom stereocenters. The minimum atomic E-state index is -3.51. The van der Waals surface area contributed by atoms with Gasteiger partial charge in [-0.2, -0.15) is 8.42 Å². The summed E-state index contributed by atoms with van der Waals surface area (Å²) >= 11 is 0. The van der Waals surface area contributed by atoms with E-state index in [4.69, 9.17) is 0 Å². The van der Waals surface area contributed by atoms with Crippen LogP contribution >= 0.6 is 0 Å². The van der Waals surface area contributed by atoms with Gasteiger partial charge in [-0.1, -0.05) is 66.8 Å². The molecule has 0 saturated carbocycles. The fourth-order valence-electron chi connectivity index (χ4n) is 2.90. The van der Waals surface area contributed by atoms with E-state index in [2.05, 4.69) is 15.0 Å². The number of hydrogen-bond donors (Lipinski definition) is 2. The number of amidine groups is 1. The molecule has 2 aliphatic heterocycles. The Labute approximate surface area is 192 Å². The zero-order chi connectivity index (χ0) is 22.1. The quantitative estimate of drug-likeness (QED) is 0.588. The smallest absolute Gasteiger partial charge is 0.286 e. The standard InChI is InChI=1S/C11H13NO2S.C10H12N2O2S.2CH4/c1-8(2)10-7-15(13,14)11-6-4-3-5-9(11)12-10;1-7(2)10-11-8-5-3-4-6-9(8)15(13,14)12-10;;/h3-8,12H,1-2H3;3-7H,1-2H3,(H,11,12);2*1H4. The maximum absolute atomic E-state index is 11.9. The fraction of sp³-hybridized carbons (Fsp3) is 0.348. The predicted molar refractivity (Wildman–Crippen MR) is 133 cm³/mol. The highest BCUT2D eigenvalue weighted by atomic mass is 32.2. The van der Waals surface area contributed by atoms with Crippen molar-refractivity contribution in [1.82, 2.24) is 0 Å². The molecule has 9 heteroatoms. The molecule has 0 saturated heterocycles. The molecule has 0 fully saturated rings. The number of sulfonamides is 1. The summed E-state index contributed by atoms with van der Waals surface area (Å²) in [4.78, 5) is 0.601. The normalized spacial score (nSPS) is 16.8. The van der Waals surface area contributed by atoms with Gasteiger partial charge in [-0.25, -0.2) is 8.42 Å². The topological polar surface area (TPSA) is 105 Å². The highest BCUT2D eigenvalue weighted by Crippen LogP contribution is 2.31. The molecule has 32 heavy (non-hydrogen) atoms. The summed E-state index contributed by atoms with van der Waals surface area (Å²) in [6.07, 6.45) is 0. The minimum absolute atomic E-state index is 0. The molecule has 176 valence electrons. The van der Waals surface area contributed by atoms with Crippen LogP contribution in [0.15, 0.2) is 73.8 Å². The molecule has 0 amide bonds. The Hall–Kier alpha value is -2.65. The summed E-state index contributed by atoms with van der Waals surface area (Å²) < 4.78 is 51.0. The molecule has 0 spiro atoms. The van der Waals surface area contributed by atoms with Crippen LogP contribution in [0.25, 0.3) is 0 Å². The summed E-state index contributed by atoms with van der Waals surface area (Å²) in [5.74, 6) is 0.731. The van der Waals surface area contributed by atoms with Crippen LogP contribution in [0.2, 0.25) is 0 Å². The van der Waals surface area contributed by atoms with Crippen molar-refractivity contribution >= 4 is 37.1 Å². The van der Waals surface area contributed by atoms with E-state index in [-0.39, 0.29) is 31.6 Å². The molecule has 7 nitrogen and oxygen atoms in total. The number of nitrogens with zero attached hydrogens (tertiary/aromatic N) is 1. The summed E-state index contributed by atoms with van der Waals surface area (Å²) in [5, 5.41) is 7.48. The third-order valence-electron chi connectivity index (χ3n) is 4.57. The van der Waals surface area contributed by atoms with Crippen LogP contribution < -0.4 is 10.6 Å². The predicted octanol–water partition coefficient (Wildman–Crippen LogP) is 5.51. The van der Waals surface area contributed by atoms with Gasteiger partial charge in [0.2, 0.25) is 9.84 Å². The van der Waals surface area contributed by atoms with Gasteiger partial charge < -0.3 is 10.6 Å². The van der Waals surface area contributed by atoms with Crippen molar-refractivity contribution in [2.24, 2.45) is 16.2 Å². The van der Waals surface area contributed by atoms with E-state index in [1.54, 1.807) is 42.5 Å². The lowest BCUT2D eigenvalue weighted by atomic mass is 10.1. The molecular formula is C23H33N3O4S2. The van der Waals surface area contributed by atoms with Crippen LogP contribution in [0.4, 0.5) is 11.4 Å². The van der Waals surface area contributed by atoms with E-state index in [0.717, 1.165) is 5.70 Å². The largest absolute Gasteiger partial charge is 0.357 e. The van der Waals surface area contributed by atoms with Crippen LogP contribution in [0, 0.1) is 11.8 Å². The molecule has 0 radical (unpaired) electrons. The third-order valence-corrected chi connectivity index (χ3v) is 7.45. The Morgan fingerprint density at radius 1 is 0.719 bits per heavy atom. The van der Waals surface area contributed by atoms with Crippen molar-refractivity contribution in [1.29, 1.82) is 0 Å². The zero-order valence-corrected chi connectivity index (χ0v) is 18.9. The molecular weight excluding hydrogens is 446 g/mol. The van der Waals surface area contributed by atoms with Crippen molar-refractivity contribution in [3.8, 4) is 0 Å². The zero-order valence-electron chi connectivity index (χ0n) is 17.2. The van der Waals surface area contributed by atoms with Gasteiger partial charge in [0, 0.05) is 11.6 Å². The second-order valence-electron chi connectivity index (χ2n) is 7.62. The van der Waals surface area contributed by atoms with Gasteiger partial charge in [-0.15, -0.1) is 4.40 Å². The number of rotatable bonds is 2. The van der Waals surface area contributed by atoms with E-state index in [0.29, 0.717) is 22.1 Å². The van der Waals surface area contributed by atoms with Gasteiger partial charge in [-0.3, -0.25) is 0 Å². The highest BCUT2D eigenvalue weighted by Gasteiger charge is 2.25. The number of allylic oxidation sites excluding steroid dienone is 1. The lowest BCUT2D eigenvalue weighted by Crippen LogP contribution is -2.25. The van der Waals surface area contributed by atoms with Gasteiger partial charge in [0.15, 0.2) is 0 Å². The SMILES string of the molecule is C.C.CC(C)C1=CS(=O)(=O)c2ccccc2N1.CC(C)C1=NS(=O)(=O)c2ccccc2N1. The second kappa shape index (κ2) is 10.3. The molecule has 0 bridgehead atoms. The average molecular weight is 480 g/mol. The third kappa shape index (κ3) is 5.77. The van der Waals surface area contributed by atoms with Gasteiger partial charge in [0.25, 0.3) is 10.0 Å². The van der Waals surface area contributed by atoms with Crippen LogP contribution in [0.3, 0.4) is 0 Å². The molecule has 2 aromatic rings. The van der Waals surface area contributed by atoms with Crippen molar-refractivity contribution in [3.05, 3.63) is 59.6 Å². The molecule has 4 rings (SSSR count). The summed E-state index contributed by atoms with van der Waals surface area (Å²) in [6.45, 7) is 7.72. The first kappa shape index (κ1) is 27.4. The Kier molecular flexibility index (Phi) is 8.82. The van der Waals surface area contributed by atoms with E-state index in [9.17, 15) is 16.8 Å². The van der Waals surface area contributed by atoms with E-state index in [1.807, 2.05) is 33.8 Å². The number of para-hydroxylation sites is 2. The summed E-state index contributed by atoms with van der Waals surface area (Å²) in [6, 6.07) is 13.7. The molecule has 2 heterocycles. The number of hydrogen-bond acceptors (Lipinski definition) is 6. The van der Waals surface area contributed by atoms with Crippen LogP contribution in [-0.4, -0.2) is 22.7 Å². The molecule has 0 atom stereocenters. The van der Waals surface area contributed by atoms with Gasteiger partial charge in [-0.05, 0) is 30.2 Å². The van der Waals surface area contributed by atoms with Crippen LogP contribution in [0.5, 0.6) is 0 Å². The van der Waals surface area contributed by atoms with Crippen molar-refractivity contribution < 1.29 is 16.8 Å². The van der Waals surface area contributed by atoms with Gasteiger partial charge in [0.05, 0.1) is 21.7 Å². The molecule has 2 aliphatic rings. The van der Waals surface area contributed by atoms with Crippen LogP contribution in [-0.2, 0) is 19.9 Å². The molecule has 2 aromatic carbocycles. The van der Waals surface area contributed by atoms with Crippen molar-refractivity contribution in [3.63, 3.8) is 0 Å². The average Bonchev–Trinajstić information content (AvgIpc) is 2.67. The first-order valence-electron chi connectivity index (χ1n) is 9.55. The Bertz CT molecular complexity index is 1130. The second-order valence-corrected chi connectivity index (χ2v) is 11.0. The van der Waals surface area contributed by atoms with Crippen molar-refractivity contribution in [2.45, 2.75) is 52.3 Å². The lowest BCUT2D eigenvalue weighted by molar-refractivity contribution is 0.596. The Balaban J connectivity index is 0.000000301. The van der Waals surface area contributed by atoms with E-state index in [1.165, 1.54) is 5.41 Å². The fourth-order valence-corrected chi connectivity index (χ4v) is 5.65. The first-order chi connectivity index (χ1) is 14.0. The number of fused-ring (bicyclic) bond motifs is 2.